The van der Waals surface area contributed by atoms with Crippen LogP contribution in [-0.2, 0) is 0 Å². The number of nitrogens with two attached hydrogens (primary N) is 1. The highest BCUT2D eigenvalue weighted by molar-refractivity contribution is 6.31. The van der Waals surface area contributed by atoms with E-state index in [0.29, 0.717) is 10.7 Å². The Morgan fingerprint density at radius 1 is 1.00 bits per heavy atom. The number of anilines is 1. The van der Waals surface area contributed by atoms with Gasteiger partial charge in [0.1, 0.15) is 0 Å². The number of nitrogen functional groups attached to an aromatic ring is 1. The van der Waals surface area contributed by atoms with Crippen molar-refractivity contribution in [3.05, 3.63) is 59.8 Å². The molecule has 0 spiro atoms. The van der Waals surface area contributed by atoms with Crippen molar-refractivity contribution in [1.29, 1.82) is 0 Å². The molecule has 1 heterocycles. The number of nitrogens with one attached hydrogen (secondary N) is 1. The van der Waals surface area contributed by atoms with E-state index < -0.39 is 0 Å². The lowest BCUT2D eigenvalue weighted by Gasteiger charge is -2.08. The number of hydrogen-bond acceptors (Lipinski definition) is 2. The highest BCUT2D eigenvalue weighted by atomic mass is 35.5. The van der Waals surface area contributed by atoms with Crippen LogP contribution in [0.3, 0.4) is 0 Å². The molecule has 0 aliphatic rings. The van der Waals surface area contributed by atoms with E-state index >= 15 is 0 Å². The van der Waals surface area contributed by atoms with Gasteiger partial charge in [0.2, 0.25) is 0 Å². The van der Waals surface area contributed by atoms with Crippen LogP contribution in [0.1, 0.15) is 0 Å². The van der Waals surface area contributed by atoms with Gasteiger partial charge in [0.25, 0.3) is 0 Å². The van der Waals surface area contributed by atoms with Crippen molar-refractivity contribution < 1.29 is 0 Å². The number of halogens is 1. The van der Waals surface area contributed by atoms with Crippen LogP contribution < -0.4 is 5.73 Å². The zero-order chi connectivity index (χ0) is 13.2. The van der Waals surface area contributed by atoms with E-state index in [2.05, 4.69) is 16.3 Å². The van der Waals surface area contributed by atoms with Gasteiger partial charge in [-0.1, -0.05) is 29.8 Å². The Kier molecular flexibility index (Phi) is 2.97. The Labute approximate surface area is 116 Å². The average Bonchev–Trinajstić information content (AvgIpc) is 2.96. The third kappa shape index (κ3) is 2.33. The van der Waals surface area contributed by atoms with Crippen LogP contribution in [0, 0.1) is 0 Å². The lowest BCUT2D eigenvalue weighted by atomic mass is 10.0. The summed E-state index contributed by atoms with van der Waals surface area (Å²) in [6.45, 7) is 0. The van der Waals surface area contributed by atoms with Crippen molar-refractivity contribution in [3.8, 4) is 22.4 Å². The quantitative estimate of drug-likeness (QED) is 0.692. The Bertz CT molecular complexity index is 705. The van der Waals surface area contributed by atoms with Crippen LogP contribution in [0.5, 0.6) is 0 Å². The smallest absolute Gasteiger partial charge is 0.0650 e. The van der Waals surface area contributed by atoms with Gasteiger partial charge in [0.05, 0.1) is 5.69 Å². The largest absolute Gasteiger partial charge is 0.398 e. The molecule has 1 aromatic heterocycles. The lowest BCUT2D eigenvalue weighted by Crippen LogP contribution is -1.90. The average molecular weight is 270 g/mol. The van der Waals surface area contributed by atoms with Crippen LogP contribution in [0.25, 0.3) is 22.4 Å². The topological polar surface area (TPSA) is 54.7 Å². The molecule has 0 aliphatic carbocycles. The molecule has 19 heavy (non-hydrogen) atoms. The van der Waals surface area contributed by atoms with E-state index in [0.717, 1.165) is 22.4 Å². The van der Waals surface area contributed by atoms with Gasteiger partial charge in [-0.25, -0.2) is 0 Å². The first-order valence-electron chi connectivity index (χ1n) is 5.89. The third-order valence-corrected chi connectivity index (χ3v) is 3.24. The van der Waals surface area contributed by atoms with Crippen molar-refractivity contribution >= 4 is 17.3 Å². The molecule has 3 aromatic rings. The van der Waals surface area contributed by atoms with Crippen molar-refractivity contribution in [2.45, 2.75) is 0 Å². The first-order valence-corrected chi connectivity index (χ1v) is 6.27. The number of rotatable bonds is 2. The van der Waals surface area contributed by atoms with Gasteiger partial charge in [-0.15, -0.1) is 0 Å². The van der Waals surface area contributed by atoms with Gasteiger partial charge in [0, 0.05) is 28.0 Å². The summed E-state index contributed by atoms with van der Waals surface area (Å²) >= 11 is 6.03. The van der Waals surface area contributed by atoms with Crippen molar-refractivity contribution in [3.63, 3.8) is 0 Å². The number of aromatic nitrogens is 2. The second-order valence-electron chi connectivity index (χ2n) is 4.28. The van der Waals surface area contributed by atoms with Gasteiger partial charge in [-0.2, -0.15) is 5.10 Å². The summed E-state index contributed by atoms with van der Waals surface area (Å²) in [4.78, 5) is 0. The van der Waals surface area contributed by atoms with Crippen LogP contribution in [0.2, 0.25) is 5.02 Å². The molecule has 3 rings (SSSR count). The predicted molar refractivity (Wildman–Crippen MR) is 78.9 cm³/mol. The SMILES string of the molecule is Nc1ccc(Cl)cc1-c1cccc(-c2ccn[nH]2)c1. The van der Waals surface area contributed by atoms with Crippen LogP contribution >= 0.6 is 11.6 Å². The first kappa shape index (κ1) is 11.8. The third-order valence-electron chi connectivity index (χ3n) is 3.00. The van der Waals surface area contributed by atoms with Crippen molar-refractivity contribution in [2.24, 2.45) is 0 Å². The summed E-state index contributed by atoms with van der Waals surface area (Å²) in [5, 5.41) is 7.59. The lowest BCUT2D eigenvalue weighted by molar-refractivity contribution is 1.10. The van der Waals surface area contributed by atoms with Gasteiger partial charge in [0.15, 0.2) is 0 Å². The summed E-state index contributed by atoms with van der Waals surface area (Å²) < 4.78 is 0. The Hall–Kier alpha value is -2.26. The zero-order valence-electron chi connectivity index (χ0n) is 10.1. The molecule has 3 nitrogen and oxygen atoms in total. The minimum atomic E-state index is 0.677. The van der Waals surface area contributed by atoms with Crippen LogP contribution in [0.4, 0.5) is 5.69 Å². The zero-order valence-corrected chi connectivity index (χ0v) is 10.9. The van der Waals surface area contributed by atoms with E-state index in [-0.39, 0.29) is 0 Å². The molecule has 2 aromatic carbocycles. The van der Waals surface area contributed by atoms with Gasteiger partial charge < -0.3 is 5.73 Å². The van der Waals surface area contributed by atoms with Crippen molar-refractivity contribution in [1.82, 2.24) is 10.2 Å². The molecule has 0 amide bonds. The fourth-order valence-electron chi connectivity index (χ4n) is 2.05. The number of hydrogen-bond donors (Lipinski definition) is 2. The van der Waals surface area contributed by atoms with Gasteiger partial charge in [-0.3, -0.25) is 5.10 Å². The highest BCUT2D eigenvalue weighted by Crippen LogP contribution is 2.31. The number of aromatic amines is 1. The normalized spacial score (nSPS) is 10.6. The molecular weight excluding hydrogens is 258 g/mol. The summed E-state index contributed by atoms with van der Waals surface area (Å²) in [6.07, 6.45) is 1.73. The summed E-state index contributed by atoms with van der Waals surface area (Å²) in [5.41, 5.74) is 10.7. The fourth-order valence-corrected chi connectivity index (χ4v) is 2.22. The van der Waals surface area contributed by atoms with Gasteiger partial charge >= 0.3 is 0 Å². The Morgan fingerprint density at radius 3 is 2.63 bits per heavy atom. The maximum absolute atomic E-state index is 6.03. The minimum Gasteiger partial charge on any atom is -0.398 e. The maximum atomic E-state index is 6.03. The standard InChI is InChI=1S/C15H12ClN3/c16-12-4-5-14(17)13(9-12)10-2-1-3-11(8-10)15-6-7-18-19-15/h1-9H,17H2,(H,18,19). The molecular formula is C15H12ClN3. The summed E-state index contributed by atoms with van der Waals surface area (Å²) in [7, 11) is 0. The predicted octanol–water partition coefficient (Wildman–Crippen LogP) is 3.98. The number of H-pyrrole nitrogens is 1. The molecule has 4 heteroatoms. The van der Waals surface area contributed by atoms with Crippen molar-refractivity contribution in [2.75, 3.05) is 5.73 Å². The molecule has 0 saturated heterocycles. The highest BCUT2D eigenvalue weighted by Gasteiger charge is 2.06. The molecule has 0 saturated carbocycles. The van der Waals surface area contributed by atoms with E-state index in [9.17, 15) is 0 Å². The molecule has 3 N–H and O–H groups in total. The monoisotopic (exact) mass is 269 g/mol. The molecule has 94 valence electrons. The molecule has 0 atom stereocenters. The summed E-state index contributed by atoms with van der Waals surface area (Å²) in [5.74, 6) is 0. The second kappa shape index (κ2) is 4.78. The van der Waals surface area contributed by atoms with Crippen LogP contribution in [-0.4, -0.2) is 10.2 Å². The number of benzene rings is 2. The van der Waals surface area contributed by atoms with E-state index in [1.165, 1.54) is 0 Å². The summed E-state index contributed by atoms with van der Waals surface area (Å²) in [6, 6.07) is 15.5. The Balaban J connectivity index is 2.11. The molecule has 0 unspecified atom stereocenters. The van der Waals surface area contributed by atoms with E-state index in [1.807, 2.05) is 36.4 Å². The molecule has 0 aliphatic heterocycles. The van der Waals surface area contributed by atoms with Gasteiger partial charge in [-0.05, 0) is 35.9 Å². The fraction of sp³-hybridized carbons (Fsp3) is 0. The number of nitrogens with zero attached hydrogens (tertiary/aromatic N) is 1. The Morgan fingerprint density at radius 2 is 1.84 bits per heavy atom. The molecule has 0 fully saturated rings. The minimum absolute atomic E-state index is 0.677. The first-order chi connectivity index (χ1) is 9.24. The maximum Gasteiger partial charge on any atom is 0.0650 e. The van der Waals surface area contributed by atoms with Crippen LogP contribution in [0.15, 0.2) is 54.7 Å². The molecule has 0 radical (unpaired) electrons. The van der Waals surface area contributed by atoms with E-state index in [4.69, 9.17) is 17.3 Å². The van der Waals surface area contributed by atoms with E-state index in [1.54, 1.807) is 12.3 Å². The second-order valence-corrected chi connectivity index (χ2v) is 4.72. The molecule has 0 bridgehead atoms.